The van der Waals surface area contributed by atoms with Crippen molar-refractivity contribution < 1.29 is 18.7 Å². The Kier molecular flexibility index (Phi) is 2.91. The van der Waals surface area contributed by atoms with Crippen LogP contribution in [-0.4, -0.2) is 19.0 Å². The van der Waals surface area contributed by atoms with Crippen LogP contribution in [0, 0.1) is 5.82 Å². The van der Waals surface area contributed by atoms with E-state index in [0.29, 0.717) is 5.56 Å². The van der Waals surface area contributed by atoms with E-state index in [4.69, 9.17) is 9.47 Å². The molecule has 0 aromatic heterocycles. The normalized spacial score (nSPS) is 17.0. The smallest absolute Gasteiger partial charge is 0.363 e. The van der Waals surface area contributed by atoms with E-state index < -0.39 is 11.8 Å². The number of hydrogen-bond donors (Lipinski definition) is 0. The molecule has 0 N–H and O–H groups in total. The van der Waals surface area contributed by atoms with Crippen LogP contribution in [0.5, 0.6) is 5.75 Å². The summed E-state index contributed by atoms with van der Waals surface area (Å²) in [5, 5.41) is 0. The molecule has 0 saturated carbocycles. The Labute approximate surface area is 97.4 Å². The van der Waals surface area contributed by atoms with E-state index in [9.17, 15) is 9.18 Å². The molecule has 0 spiro atoms. The topological polar surface area (TPSA) is 47.9 Å². The summed E-state index contributed by atoms with van der Waals surface area (Å²) in [7, 11) is 1.39. The SMILES string of the molecule is COc1ccc(C=C2N=C(C)OC2=O)cc1F. The molecule has 0 amide bonds. The summed E-state index contributed by atoms with van der Waals surface area (Å²) < 4.78 is 22.9. The molecule has 1 aromatic carbocycles. The van der Waals surface area contributed by atoms with Crippen molar-refractivity contribution in [2.45, 2.75) is 6.92 Å². The van der Waals surface area contributed by atoms with E-state index in [0.717, 1.165) is 0 Å². The third kappa shape index (κ3) is 2.33. The summed E-state index contributed by atoms with van der Waals surface area (Å²) >= 11 is 0. The van der Waals surface area contributed by atoms with Gasteiger partial charge < -0.3 is 9.47 Å². The predicted octanol–water partition coefficient (Wildman–Crippen LogP) is 2.15. The highest BCUT2D eigenvalue weighted by atomic mass is 19.1. The summed E-state index contributed by atoms with van der Waals surface area (Å²) in [5.74, 6) is -0.580. The molecule has 0 bridgehead atoms. The molecule has 0 saturated heterocycles. The van der Waals surface area contributed by atoms with Crippen LogP contribution >= 0.6 is 0 Å². The van der Waals surface area contributed by atoms with Crippen molar-refractivity contribution >= 4 is 17.9 Å². The zero-order chi connectivity index (χ0) is 12.4. The van der Waals surface area contributed by atoms with Crippen molar-refractivity contribution in [3.8, 4) is 5.75 Å². The van der Waals surface area contributed by atoms with Crippen LogP contribution in [0.4, 0.5) is 4.39 Å². The van der Waals surface area contributed by atoms with E-state index >= 15 is 0 Å². The fourth-order valence-electron chi connectivity index (χ4n) is 1.45. The largest absolute Gasteiger partial charge is 0.494 e. The van der Waals surface area contributed by atoms with Crippen LogP contribution in [0.15, 0.2) is 28.9 Å². The van der Waals surface area contributed by atoms with Crippen molar-refractivity contribution in [1.29, 1.82) is 0 Å². The molecule has 1 aliphatic rings. The van der Waals surface area contributed by atoms with Crippen LogP contribution < -0.4 is 4.74 Å². The maximum Gasteiger partial charge on any atom is 0.363 e. The van der Waals surface area contributed by atoms with Gasteiger partial charge in [-0.15, -0.1) is 0 Å². The molecule has 4 nitrogen and oxygen atoms in total. The number of benzene rings is 1. The van der Waals surface area contributed by atoms with Gasteiger partial charge in [0, 0.05) is 6.92 Å². The fourth-order valence-corrected chi connectivity index (χ4v) is 1.45. The van der Waals surface area contributed by atoms with Crippen molar-refractivity contribution in [1.82, 2.24) is 0 Å². The zero-order valence-corrected chi connectivity index (χ0v) is 9.36. The molecule has 2 rings (SSSR count). The lowest BCUT2D eigenvalue weighted by Gasteiger charge is -2.01. The van der Waals surface area contributed by atoms with Gasteiger partial charge in [-0.25, -0.2) is 14.2 Å². The Morgan fingerprint density at radius 3 is 2.76 bits per heavy atom. The summed E-state index contributed by atoms with van der Waals surface area (Å²) in [4.78, 5) is 15.2. The second-order valence-electron chi connectivity index (χ2n) is 3.44. The molecule has 1 aliphatic heterocycles. The Bertz CT molecular complexity index is 535. The Balaban J connectivity index is 2.33. The number of halogens is 1. The lowest BCUT2D eigenvalue weighted by molar-refractivity contribution is -0.130. The van der Waals surface area contributed by atoms with Gasteiger partial charge in [0.15, 0.2) is 23.2 Å². The lowest BCUT2D eigenvalue weighted by Crippen LogP contribution is -1.99. The van der Waals surface area contributed by atoms with E-state index in [1.54, 1.807) is 13.0 Å². The second kappa shape index (κ2) is 4.37. The maximum absolute atomic E-state index is 13.4. The van der Waals surface area contributed by atoms with Crippen LogP contribution in [0.1, 0.15) is 12.5 Å². The number of methoxy groups -OCH3 is 1. The molecule has 0 unspecified atom stereocenters. The highest BCUT2D eigenvalue weighted by Gasteiger charge is 2.19. The highest BCUT2D eigenvalue weighted by Crippen LogP contribution is 2.21. The first-order valence-electron chi connectivity index (χ1n) is 4.93. The molecular formula is C12H10FNO3. The molecule has 0 radical (unpaired) electrons. The number of ether oxygens (including phenoxy) is 2. The standard InChI is InChI=1S/C12H10FNO3/c1-7-14-10(12(15)17-7)6-8-3-4-11(16-2)9(13)5-8/h3-6H,1-2H3. The van der Waals surface area contributed by atoms with Crippen molar-refractivity contribution in [2.75, 3.05) is 7.11 Å². The average Bonchev–Trinajstić information content (AvgIpc) is 2.58. The monoisotopic (exact) mass is 235 g/mol. The number of carbonyl (C=O) groups excluding carboxylic acids is 1. The van der Waals surface area contributed by atoms with Gasteiger partial charge in [0.05, 0.1) is 7.11 Å². The first-order valence-corrected chi connectivity index (χ1v) is 4.93. The molecule has 1 aromatic rings. The van der Waals surface area contributed by atoms with Crippen LogP contribution in [0.3, 0.4) is 0 Å². The van der Waals surface area contributed by atoms with E-state index in [1.165, 1.54) is 25.3 Å². The van der Waals surface area contributed by atoms with Gasteiger partial charge in [0.2, 0.25) is 0 Å². The molecular weight excluding hydrogens is 225 g/mol. The number of nitrogens with zero attached hydrogens (tertiary/aromatic N) is 1. The fraction of sp³-hybridized carbons (Fsp3) is 0.167. The van der Waals surface area contributed by atoms with E-state index in [1.807, 2.05) is 0 Å². The van der Waals surface area contributed by atoms with Crippen molar-refractivity contribution in [3.05, 3.63) is 35.3 Å². The van der Waals surface area contributed by atoms with Gasteiger partial charge in [-0.05, 0) is 23.8 Å². The van der Waals surface area contributed by atoms with Crippen molar-refractivity contribution in [2.24, 2.45) is 4.99 Å². The van der Waals surface area contributed by atoms with Gasteiger partial charge in [-0.1, -0.05) is 6.07 Å². The third-order valence-electron chi connectivity index (χ3n) is 2.21. The molecule has 5 heteroatoms. The quantitative estimate of drug-likeness (QED) is 0.583. The van der Waals surface area contributed by atoms with Gasteiger partial charge in [0.25, 0.3) is 0 Å². The second-order valence-corrected chi connectivity index (χ2v) is 3.44. The predicted molar refractivity (Wildman–Crippen MR) is 60.1 cm³/mol. The highest BCUT2D eigenvalue weighted by molar-refractivity contribution is 6.06. The number of aliphatic imine (C=N–C) groups is 1. The summed E-state index contributed by atoms with van der Waals surface area (Å²) in [6.45, 7) is 1.58. The maximum atomic E-state index is 13.4. The van der Waals surface area contributed by atoms with Crippen LogP contribution in [0.25, 0.3) is 6.08 Å². The first kappa shape index (κ1) is 11.3. The number of rotatable bonds is 2. The summed E-state index contributed by atoms with van der Waals surface area (Å²) in [6, 6.07) is 4.38. The zero-order valence-electron chi connectivity index (χ0n) is 9.36. The number of carbonyl (C=O) groups is 1. The molecule has 88 valence electrons. The third-order valence-corrected chi connectivity index (χ3v) is 2.21. The number of cyclic esters (lactones) is 1. The summed E-state index contributed by atoms with van der Waals surface area (Å²) in [6.07, 6.45) is 1.46. The molecule has 17 heavy (non-hydrogen) atoms. The number of hydrogen-bond acceptors (Lipinski definition) is 4. The summed E-state index contributed by atoms with van der Waals surface area (Å²) in [5.41, 5.74) is 0.681. The Morgan fingerprint density at radius 2 is 2.24 bits per heavy atom. The van der Waals surface area contributed by atoms with Crippen LogP contribution in [0.2, 0.25) is 0 Å². The van der Waals surface area contributed by atoms with E-state index in [-0.39, 0.29) is 17.3 Å². The van der Waals surface area contributed by atoms with Crippen molar-refractivity contribution in [3.63, 3.8) is 0 Å². The minimum Gasteiger partial charge on any atom is -0.494 e. The Hall–Kier alpha value is -2.17. The molecule has 0 aliphatic carbocycles. The Morgan fingerprint density at radius 1 is 1.47 bits per heavy atom. The molecule has 0 atom stereocenters. The molecule has 1 heterocycles. The minimum absolute atomic E-state index is 0.154. The number of esters is 1. The van der Waals surface area contributed by atoms with Gasteiger partial charge in [-0.3, -0.25) is 0 Å². The molecule has 0 fully saturated rings. The van der Waals surface area contributed by atoms with Gasteiger partial charge >= 0.3 is 5.97 Å². The first-order chi connectivity index (χ1) is 8.10. The van der Waals surface area contributed by atoms with Gasteiger partial charge in [0.1, 0.15) is 0 Å². The minimum atomic E-state index is -0.529. The van der Waals surface area contributed by atoms with E-state index in [2.05, 4.69) is 4.99 Å². The van der Waals surface area contributed by atoms with Crippen LogP contribution in [-0.2, 0) is 9.53 Å². The van der Waals surface area contributed by atoms with Gasteiger partial charge in [-0.2, -0.15) is 0 Å². The lowest BCUT2D eigenvalue weighted by atomic mass is 10.2. The average molecular weight is 235 g/mol.